The summed E-state index contributed by atoms with van der Waals surface area (Å²) in [5.41, 5.74) is 0. The van der Waals surface area contributed by atoms with Gasteiger partial charge in [0, 0.05) is 0 Å². The van der Waals surface area contributed by atoms with Gasteiger partial charge in [0.25, 0.3) is 5.91 Å². The third kappa shape index (κ3) is 2.07. The number of ether oxygens (including phenoxy) is 1. The SMILES string of the molecule is O=C1C=NN([C@@H]2O[C@H](CO)[C@@H](O)[C@H]2O)C(=O)C1. The zero-order valence-electron chi connectivity index (χ0n) is 8.76. The van der Waals surface area contributed by atoms with Crippen molar-refractivity contribution < 1.29 is 29.6 Å². The van der Waals surface area contributed by atoms with Crippen LogP contribution in [0, 0.1) is 0 Å². The summed E-state index contributed by atoms with van der Waals surface area (Å²) in [6.45, 7) is -0.487. The molecule has 8 heteroatoms. The molecule has 1 fully saturated rings. The van der Waals surface area contributed by atoms with Crippen molar-refractivity contribution in [2.45, 2.75) is 31.0 Å². The van der Waals surface area contributed by atoms with Crippen LogP contribution in [0.15, 0.2) is 5.10 Å². The van der Waals surface area contributed by atoms with Crippen molar-refractivity contribution in [1.29, 1.82) is 0 Å². The lowest BCUT2D eigenvalue weighted by Gasteiger charge is -2.27. The lowest BCUT2D eigenvalue weighted by Crippen LogP contribution is -2.46. The molecule has 0 radical (unpaired) electrons. The van der Waals surface area contributed by atoms with E-state index in [4.69, 9.17) is 9.84 Å². The molecular formula is C9H12N2O6. The molecule has 1 amide bonds. The predicted octanol–water partition coefficient (Wildman–Crippen LogP) is -2.79. The maximum absolute atomic E-state index is 11.5. The quantitative estimate of drug-likeness (QED) is 0.452. The molecule has 2 heterocycles. The highest BCUT2D eigenvalue weighted by molar-refractivity contribution is 6.33. The Hall–Kier alpha value is -1.35. The molecule has 0 unspecified atom stereocenters. The summed E-state index contributed by atoms with van der Waals surface area (Å²) in [6.07, 6.45) is -4.23. The van der Waals surface area contributed by atoms with E-state index in [0.717, 1.165) is 11.2 Å². The zero-order valence-corrected chi connectivity index (χ0v) is 8.76. The average molecular weight is 244 g/mol. The Morgan fingerprint density at radius 1 is 1.41 bits per heavy atom. The molecule has 4 atom stereocenters. The van der Waals surface area contributed by atoms with E-state index >= 15 is 0 Å². The van der Waals surface area contributed by atoms with E-state index in [9.17, 15) is 19.8 Å². The number of Topliss-reactive ketones (excluding diaryl/α,β-unsaturated/α-hetero) is 1. The fourth-order valence-corrected chi connectivity index (χ4v) is 1.76. The number of nitrogens with zero attached hydrogens (tertiary/aromatic N) is 2. The number of ketones is 1. The summed E-state index contributed by atoms with van der Waals surface area (Å²) < 4.78 is 5.11. The van der Waals surface area contributed by atoms with E-state index in [0.29, 0.717) is 0 Å². The van der Waals surface area contributed by atoms with Gasteiger partial charge in [-0.25, -0.2) is 5.01 Å². The number of hydrazone groups is 1. The number of amides is 1. The van der Waals surface area contributed by atoms with Gasteiger partial charge in [-0.15, -0.1) is 0 Å². The first-order valence-corrected chi connectivity index (χ1v) is 5.06. The molecule has 94 valence electrons. The molecule has 0 bridgehead atoms. The van der Waals surface area contributed by atoms with Crippen LogP contribution >= 0.6 is 0 Å². The average Bonchev–Trinajstić information content (AvgIpc) is 2.57. The van der Waals surface area contributed by atoms with Crippen molar-refractivity contribution in [3.8, 4) is 0 Å². The minimum absolute atomic E-state index is 0.351. The fraction of sp³-hybridized carbons (Fsp3) is 0.667. The molecule has 8 nitrogen and oxygen atoms in total. The molecule has 2 aliphatic heterocycles. The molecular weight excluding hydrogens is 232 g/mol. The molecule has 17 heavy (non-hydrogen) atoms. The first-order valence-electron chi connectivity index (χ1n) is 5.06. The molecule has 3 N–H and O–H groups in total. The van der Waals surface area contributed by atoms with E-state index in [2.05, 4.69) is 5.10 Å². The topological polar surface area (TPSA) is 120 Å². The molecule has 1 saturated heterocycles. The normalized spacial score (nSPS) is 37.9. The fourth-order valence-electron chi connectivity index (χ4n) is 1.76. The second kappa shape index (κ2) is 4.49. The summed E-state index contributed by atoms with van der Waals surface area (Å²) >= 11 is 0. The number of rotatable bonds is 2. The molecule has 0 aromatic carbocycles. The van der Waals surface area contributed by atoms with Crippen LogP contribution in [-0.2, 0) is 14.3 Å². The maximum Gasteiger partial charge on any atom is 0.253 e. The molecule has 2 rings (SSSR count). The standard InChI is InChI=1S/C9H12N2O6/c12-3-5-7(15)8(16)9(17-5)11-6(14)1-4(13)2-10-11/h2,5,7-9,12,15-16H,1,3H2/t5-,7-,8-,9-/m1/s1. The van der Waals surface area contributed by atoms with E-state index in [1.54, 1.807) is 0 Å². The highest BCUT2D eigenvalue weighted by atomic mass is 16.6. The summed E-state index contributed by atoms with van der Waals surface area (Å²) in [6, 6.07) is 0. The Morgan fingerprint density at radius 3 is 2.65 bits per heavy atom. The smallest absolute Gasteiger partial charge is 0.253 e. The molecule has 0 aromatic heterocycles. The number of aliphatic hydroxyl groups is 3. The van der Waals surface area contributed by atoms with Gasteiger partial charge in [-0.05, 0) is 0 Å². The highest BCUT2D eigenvalue weighted by Crippen LogP contribution is 2.25. The van der Waals surface area contributed by atoms with Crippen LogP contribution in [0.5, 0.6) is 0 Å². The second-order valence-corrected chi connectivity index (χ2v) is 3.85. The number of aliphatic hydroxyl groups excluding tert-OH is 3. The number of carbonyl (C=O) groups excluding carboxylic acids is 2. The zero-order chi connectivity index (χ0) is 12.6. The highest BCUT2D eigenvalue weighted by Gasteiger charge is 2.47. The van der Waals surface area contributed by atoms with Crippen molar-refractivity contribution in [2.75, 3.05) is 6.61 Å². The van der Waals surface area contributed by atoms with E-state index < -0.39 is 42.8 Å². The summed E-state index contributed by atoms with van der Waals surface area (Å²) in [5, 5.41) is 32.4. The van der Waals surface area contributed by atoms with Crippen LogP contribution in [0.2, 0.25) is 0 Å². The van der Waals surface area contributed by atoms with Crippen molar-refractivity contribution in [1.82, 2.24) is 5.01 Å². The maximum atomic E-state index is 11.5. The van der Waals surface area contributed by atoms with Gasteiger partial charge in [-0.1, -0.05) is 0 Å². The van der Waals surface area contributed by atoms with E-state index in [1.165, 1.54) is 0 Å². The minimum atomic E-state index is -1.37. The van der Waals surface area contributed by atoms with Crippen LogP contribution < -0.4 is 0 Å². The van der Waals surface area contributed by atoms with E-state index in [-0.39, 0.29) is 6.42 Å². The third-order valence-corrected chi connectivity index (χ3v) is 2.67. The van der Waals surface area contributed by atoms with Gasteiger partial charge in [-0.3, -0.25) is 9.59 Å². The molecule has 2 aliphatic rings. The van der Waals surface area contributed by atoms with Crippen molar-refractivity contribution >= 4 is 17.9 Å². The van der Waals surface area contributed by atoms with Crippen LogP contribution in [0.1, 0.15) is 6.42 Å². The van der Waals surface area contributed by atoms with Gasteiger partial charge in [0.05, 0.1) is 19.2 Å². The molecule has 0 aliphatic carbocycles. The predicted molar refractivity (Wildman–Crippen MR) is 52.7 cm³/mol. The lowest BCUT2D eigenvalue weighted by atomic mass is 10.1. The Bertz CT molecular complexity index is 370. The van der Waals surface area contributed by atoms with Gasteiger partial charge in [-0.2, -0.15) is 5.10 Å². The van der Waals surface area contributed by atoms with Crippen molar-refractivity contribution in [3.63, 3.8) is 0 Å². The number of hydrogen-bond acceptors (Lipinski definition) is 7. The molecule has 0 spiro atoms. The summed E-state index contributed by atoms with van der Waals surface area (Å²) in [7, 11) is 0. The minimum Gasteiger partial charge on any atom is -0.394 e. The van der Waals surface area contributed by atoms with Crippen molar-refractivity contribution in [3.05, 3.63) is 0 Å². The van der Waals surface area contributed by atoms with Crippen LogP contribution in [0.25, 0.3) is 0 Å². The molecule has 0 aromatic rings. The van der Waals surface area contributed by atoms with Crippen molar-refractivity contribution in [2.24, 2.45) is 5.10 Å². The first kappa shape index (κ1) is 12.1. The van der Waals surface area contributed by atoms with Crippen LogP contribution in [0.4, 0.5) is 0 Å². The third-order valence-electron chi connectivity index (χ3n) is 2.67. The lowest BCUT2D eigenvalue weighted by molar-refractivity contribution is -0.155. The Balaban J connectivity index is 2.16. The number of hydrogen-bond donors (Lipinski definition) is 3. The Morgan fingerprint density at radius 2 is 2.12 bits per heavy atom. The largest absolute Gasteiger partial charge is 0.394 e. The van der Waals surface area contributed by atoms with Gasteiger partial charge in [0.2, 0.25) is 0 Å². The van der Waals surface area contributed by atoms with Crippen LogP contribution in [0.3, 0.4) is 0 Å². The molecule has 0 saturated carbocycles. The summed E-state index contributed by atoms with van der Waals surface area (Å²) in [5.74, 6) is -1.05. The number of carbonyl (C=O) groups is 2. The van der Waals surface area contributed by atoms with Gasteiger partial charge in [0.15, 0.2) is 12.0 Å². The van der Waals surface area contributed by atoms with Crippen LogP contribution in [-0.4, -0.2) is 69.4 Å². The Labute approximate surface area is 96.1 Å². The first-order chi connectivity index (χ1) is 8.04. The second-order valence-electron chi connectivity index (χ2n) is 3.85. The monoisotopic (exact) mass is 244 g/mol. The Kier molecular flexibility index (Phi) is 3.20. The van der Waals surface area contributed by atoms with Gasteiger partial charge >= 0.3 is 0 Å². The van der Waals surface area contributed by atoms with Gasteiger partial charge in [0.1, 0.15) is 18.3 Å². The van der Waals surface area contributed by atoms with E-state index in [1.807, 2.05) is 0 Å². The summed E-state index contributed by atoms with van der Waals surface area (Å²) in [4.78, 5) is 22.4. The van der Waals surface area contributed by atoms with Gasteiger partial charge < -0.3 is 20.1 Å².